The van der Waals surface area contributed by atoms with Gasteiger partial charge < -0.3 is 4.90 Å². The summed E-state index contributed by atoms with van der Waals surface area (Å²) in [6.07, 6.45) is -3.66. The lowest BCUT2D eigenvalue weighted by Crippen LogP contribution is -2.32. The third-order valence-electron chi connectivity index (χ3n) is 4.31. The quantitative estimate of drug-likeness (QED) is 0.491. The number of aryl methyl sites for hydroxylation is 1. The first-order valence-electron chi connectivity index (χ1n) is 8.60. The zero-order valence-corrected chi connectivity index (χ0v) is 17.0. The molecule has 29 heavy (non-hydrogen) atoms. The van der Waals surface area contributed by atoms with Crippen molar-refractivity contribution in [2.75, 3.05) is 11.4 Å². The summed E-state index contributed by atoms with van der Waals surface area (Å²) < 4.78 is 41.0. The number of anilines is 1. The zero-order valence-electron chi connectivity index (χ0n) is 15.5. The van der Waals surface area contributed by atoms with Crippen LogP contribution in [0.1, 0.15) is 23.0 Å². The fraction of sp³-hybridized carbons (Fsp3) is 0.200. The van der Waals surface area contributed by atoms with Crippen LogP contribution in [0.15, 0.2) is 48.7 Å². The largest absolute Gasteiger partial charge is 0.435 e. The number of aromatic nitrogens is 2. The minimum absolute atomic E-state index is 0.156. The molecule has 3 rings (SSSR count). The molecule has 9 heteroatoms. The number of hydrogen-bond donors (Lipinski definition) is 0. The second kappa shape index (κ2) is 8.08. The van der Waals surface area contributed by atoms with Gasteiger partial charge in [0.25, 0.3) is 5.91 Å². The van der Waals surface area contributed by atoms with Gasteiger partial charge in [-0.25, -0.2) is 0 Å². The summed E-state index contributed by atoms with van der Waals surface area (Å²) in [5.41, 5.74) is 0.0545. The molecule has 3 aromatic rings. The second-order valence-electron chi connectivity index (χ2n) is 6.26. The van der Waals surface area contributed by atoms with Crippen LogP contribution >= 0.6 is 23.2 Å². The van der Waals surface area contributed by atoms with Crippen LogP contribution in [0.3, 0.4) is 0 Å². The van der Waals surface area contributed by atoms with E-state index in [1.807, 2.05) is 0 Å². The summed E-state index contributed by atoms with van der Waals surface area (Å²) in [7, 11) is 1.34. The van der Waals surface area contributed by atoms with Gasteiger partial charge in [-0.05, 0) is 30.7 Å². The van der Waals surface area contributed by atoms with E-state index < -0.39 is 23.3 Å². The molecule has 1 amide bonds. The van der Waals surface area contributed by atoms with E-state index in [1.165, 1.54) is 11.9 Å². The van der Waals surface area contributed by atoms with E-state index in [9.17, 15) is 18.0 Å². The van der Waals surface area contributed by atoms with Crippen LogP contribution in [0.2, 0.25) is 10.0 Å². The number of amides is 1. The molecule has 0 saturated heterocycles. The van der Waals surface area contributed by atoms with Gasteiger partial charge >= 0.3 is 6.18 Å². The maximum absolute atomic E-state index is 13.3. The Balaban J connectivity index is 2.11. The Bertz CT molecular complexity index is 1060. The number of alkyl halides is 3. The number of carbonyl (C=O) groups is 1. The normalized spacial score (nSPS) is 11.6. The molecule has 0 atom stereocenters. The van der Waals surface area contributed by atoms with E-state index in [1.54, 1.807) is 49.4 Å². The Morgan fingerprint density at radius 1 is 1.14 bits per heavy atom. The molecule has 0 aliphatic carbocycles. The fourth-order valence-corrected chi connectivity index (χ4v) is 3.34. The second-order valence-corrected chi connectivity index (χ2v) is 7.07. The number of hydrogen-bond acceptors (Lipinski definition) is 2. The molecule has 0 fully saturated rings. The highest BCUT2D eigenvalue weighted by Gasteiger charge is 2.40. The number of rotatable bonds is 4. The molecule has 1 heterocycles. The van der Waals surface area contributed by atoms with E-state index in [-0.39, 0.29) is 6.54 Å². The third-order valence-corrected chi connectivity index (χ3v) is 5.05. The number of halogens is 5. The zero-order chi connectivity index (χ0) is 21.3. The Labute approximate surface area is 175 Å². The highest BCUT2D eigenvalue weighted by molar-refractivity contribution is 6.42. The average molecular weight is 442 g/mol. The molecule has 0 aliphatic rings. The van der Waals surface area contributed by atoms with Crippen LogP contribution in [-0.4, -0.2) is 22.2 Å². The topological polar surface area (TPSA) is 38.1 Å². The lowest BCUT2D eigenvalue weighted by atomic mass is 10.0. The standard InChI is InChI=1S/C20H16Cl2F3N3O/c1-3-28(19(29)14-11-27(2)26-18(14)20(23,24)25)17-7-5-4-6-13(17)12-8-9-15(21)16(22)10-12/h4-11H,3H2,1-2H3. The molecular formula is C20H16Cl2F3N3O. The van der Waals surface area contributed by atoms with Crippen molar-refractivity contribution in [1.29, 1.82) is 0 Å². The van der Waals surface area contributed by atoms with Gasteiger partial charge in [0, 0.05) is 25.4 Å². The van der Waals surface area contributed by atoms with Crippen LogP contribution in [0.25, 0.3) is 11.1 Å². The summed E-state index contributed by atoms with van der Waals surface area (Å²) >= 11 is 12.1. The van der Waals surface area contributed by atoms with Gasteiger partial charge in [-0.2, -0.15) is 18.3 Å². The first-order valence-corrected chi connectivity index (χ1v) is 9.36. The van der Waals surface area contributed by atoms with Gasteiger partial charge in [0.1, 0.15) is 0 Å². The van der Waals surface area contributed by atoms with Crippen molar-refractivity contribution in [1.82, 2.24) is 9.78 Å². The third kappa shape index (κ3) is 4.26. The molecule has 1 aromatic heterocycles. The maximum Gasteiger partial charge on any atom is 0.435 e. The van der Waals surface area contributed by atoms with Gasteiger partial charge in [0.15, 0.2) is 5.69 Å². The van der Waals surface area contributed by atoms with Crippen LogP contribution in [0, 0.1) is 0 Å². The van der Waals surface area contributed by atoms with Crippen molar-refractivity contribution in [2.24, 2.45) is 7.05 Å². The van der Waals surface area contributed by atoms with Gasteiger partial charge in [-0.1, -0.05) is 47.5 Å². The van der Waals surface area contributed by atoms with Crippen molar-refractivity contribution < 1.29 is 18.0 Å². The highest BCUT2D eigenvalue weighted by Crippen LogP contribution is 2.36. The Morgan fingerprint density at radius 2 is 1.83 bits per heavy atom. The van der Waals surface area contributed by atoms with E-state index in [4.69, 9.17) is 23.2 Å². The summed E-state index contributed by atoms with van der Waals surface area (Å²) in [4.78, 5) is 14.4. The summed E-state index contributed by atoms with van der Waals surface area (Å²) in [5.74, 6) is -0.791. The van der Waals surface area contributed by atoms with E-state index in [0.29, 0.717) is 26.9 Å². The highest BCUT2D eigenvalue weighted by atomic mass is 35.5. The Hall–Kier alpha value is -2.51. The van der Waals surface area contributed by atoms with Crippen molar-refractivity contribution in [2.45, 2.75) is 13.1 Å². The van der Waals surface area contributed by atoms with Crippen LogP contribution < -0.4 is 4.90 Å². The predicted octanol–water partition coefficient (Wildman–Crippen LogP) is 6.08. The predicted molar refractivity (Wildman–Crippen MR) is 107 cm³/mol. The minimum Gasteiger partial charge on any atom is -0.308 e. The maximum atomic E-state index is 13.3. The molecule has 0 aliphatic heterocycles. The SMILES string of the molecule is CCN(C(=O)c1cn(C)nc1C(F)(F)F)c1ccccc1-c1ccc(Cl)c(Cl)c1. The molecule has 0 radical (unpaired) electrons. The smallest absolute Gasteiger partial charge is 0.308 e. The molecular weight excluding hydrogens is 426 g/mol. The molecule has 0 N–H and O–H groups in total. The van der Waals surface area contributed by atoms with Crippen LogP contribution in [-0.2, 0) is 13.2 Å². The van der Waals surface area contributed by atoms with Gasteiger partial charge in [0.05, 0.1) is 21.3 Å². The first kappa shape index (κ1) is 21.2. The summed E-state index contributed by atoms with van der Waals surface area (Å²) in [6.45, 7) is 1.84. The fourth-order valence-electron chi connectivity index (χ4n) is 3.04. The molecule has 0 spiro atoms. The Morgan fingerprint density at radius 3 is 2.45 bits per heavy atom. The van der Waals surface area contributed by atoms with E-state index in [0.717, 1.165) is 10.9 Å². The van der Waals surface area contributed by atoms with Crippen LogP contribution in [0.5, 0.6) is 0 Å². The van der Waals surface area contributed by atoms with Crippen molar-refractivity contribution in [3.63, 3.8) is 0 Å². The molecule has 0 unspecified atom stereocenters. The van der Waals surface area contributed by atoms with Gasteiger partial charge in [-0.15, -0.1) is 0 Å². The lowest BCUT2D eigenvalue weighted by Gasteiger charge is -2.24. The summed E-state index contributed by atoms with van der Waals surface area (Å²) in [5, 5.41) is 4.14. The number of carbonyl (C=O) groups excluding carboxylic acids is 1. The van der Waals surface area contributed by atoms with Crippen molar-refractivity contribution in [3.05, 3.63) is 70.0 Å². The first-order chi connectivity index (χ1) is 13.6. The van der Waals surface area contributed by atoms with Gasteiger partial charge in [0.2, 0.25) is 0 Å². The van der Waals surface area contributed by atoms with E-state index in [2.05, 4.69) is 5.10 Å². The minimum atomic E-state index is -4.74. The number of benzene rings is 2. The Kier molecular flexibility index (Phi) is 5.91. The molecule has 0 bridgehead atoms. The molecule has 0 saturated carbocycles. The molecule has 4 nitrogen and oxygen atoms in total. The van der Waals surface area contributed by atoms with Gasteiger partial charge in [-0.3, -0.25) is 9.48 Å². The van der Waals surface area contributed by atoms with Crippen molar-refractivity contribution in [3.8, 4) is 11.1 Å². The van der Waals surface area contributed by atoms with E-state index >= 15 is 0 Å². The summed E-state index contributed by atoms with van der Waals surface area (Å²) in [6, 6.07) is 11.9. The monoisotopic (exact) mass is 441 g/mol. The number of para-hydroxylation sites is 1. The molecule has 2 aromatic carbocycles. The van der Waals surface area contributed by atoms with Crippen LogP contribution in [0.4, 0.5) is 18.9 Å². The lowest BCUT2D eigenvalue weighted by molar-refractivity contribution is -0.141. The average Bonchev–Trinajstić information content (AvgIpc) is 3.07. The van der Waals surface area contributed by atoms with Crippen molar-refractivity contribution >= 4 is 34.8 Å². The number of nitrogens with zero attached hydrogens (tertiary/aromatic N) is 3. The molecule has 152 valence electrons.